The smallest absolute Gasteiger partial charge is 0.409 e. The first-order chi connectivity index (χ1) is 5.61. The standard InChI is InChI=1S/C6H4Br2N2O2/c7-4-3(10-6(11)12)1-2-9-5(4)8/h1-2H,(H,9,10)(H,11,12). The molecule has 2 N–H and O–H groups in total. The van der Waals surface area contributed by atoms with Crippen molar-refractivity contribution in [2.45, 2.75) is 0 Å². The highest BCUT2D eigenvalue weighted by Crippen LogP contribution is 2.28. The SMILES string of the molecule is O=C(O)Nc1ccnc(Br)c1Br. The lowest BCUT2D eigenvalue weighted by atomic mass is 10.4. The number of carboxylic acid groups (broad SMARTS) is 1. The Morgan fingerprint density at radius 3 is 2.83 bits per heavy atom. The lowest BCUT2D eigenvalue weighted by Crippen LogP contribution is -2.07. The van der Waals surface area contributed by atoms with Gasteiger partial charge in [-0.05, 0) is 37.9 Å². The topological polar surface area (TPSA) is 62.2 Å². The first-order valence-corrected chi connectivity index (χ1v) is 4.50. The van der Waals surface area contributed by atoms with Crippen LogP contribution in [-0.4, -0.2) is 16.2 Å². The molecule has 1 amide bonds. The van der Waals surface area contributed by atoms with Crippen molar-refractivity contribution in [3.8, 4) is 0 Å². The number of nitrogens with zero attached hydrogens (tertiary/aromatic N) is 1. The second-order valence-corrected chi connectivity index (χ2v) is 3.44. The minimum Gasteiger partial charge on any atom is -0.465 e. The van der Waals surface area contributed by atoms with E-state index in [4.69, 9.17) is 5.11 Å². The van der Waals surface area contributed by atoms with Crippen LogP contribution >= 0.6 is 31.9 Å². The summed E-state index contributed by atoms with van der Waals surface area (Å²) in [5.74, 6) is 0. The van der Waals surface area contributed by atoms with Crippen LogP contribution in [-0.2, 0) is 0 Å². The van der Waals surface area contributed by atoms with Crippen LogP contribution in [0.5, 0.6) is 0 Å². The number of halogens is 2. The molecule has 0 bridgehead atoms. The van der Waals surface area contributed by atoms with E-state index in [1.807, 2.05) is 0 Å². The van der Waals surface area contributed by atoms with Gasteiger partial charge in [-0.25, -0.2) is 9.78 Å². The van der Waals surface area contributed by atoms with Gasteiger partial charge in [0.15, 0.2) is 0 Å². The van der Waals surface area contributed by atoms with E-state index in [1.165, 1.54) is 6.20 Å². The van der Waals surface area contributed by atoms with Gasteiger partial charge >= 0.3 is 6.09 Å². The Balaban J connectivity index is 3.00. The third-order valence-electron chi connectivity index (χ3n) is 1.09. The van der Waals surface area contributed by atoms with Gasteiger partial charge in [-0.1, -0.05) is 0 Å². The van der Waals surface area contributed by atoms with E-state index in [0.29, 0.717) is 14.8 Å². The predicted molar refractivity (Wildman–Crippen MR) is 51.3 cm³/mol. The van der Waals surface area contributed by atoms with Gasteiger partial charge in [-0.2, -0.15) is 0 Å². The lowest BCUT2D eigenvalue weighted by molar-refractivity contribution is 0.209. The molecule has 0 saturated carbocycles. The molecule has 0 radical (unpaired) electrons. The largest absolute Gasteiger partial charge is 0.465 e. The lowest BCUT2D eigenvalue weighted by Gasteiger charge is -2.03. The van der Waals surface area contributed by atoms with Gasteiger partial charge in [-0.3, -0.25) is 5.32 Å². The fraction of sp³-hybridized carbons (Fsp3) is 0. The van der Waals surface area contributed by atoms with E-state index in [1.54, 1.807) is 6.07 Å². The van der Waals surface area contributed by atoms with Crippen LogP contribution < -0.4 is 5.32 Å². The number of aromatic nitrogens is 1. The number of carbonyl (C=O) groups is 1. The van der Waals surface area contributed by atoms with Crippen molar-refractivity contribution in [2.24, 2.45) is 0 Å². The Labute approximate surface area is 85.3 Å². The Bertz CT molecular complexity index is 316. The van der Waals surface area contributed by atoms with E-state index in [2.05, 4.69) is 42.2 Å². The minimum atomic E-state index is -1.10. The summed E-state index contributed by atoms with van der Waals surface area (Å²) in [6.07, 6.45) is 0.397. The molecule has 1 aromatic heterocycles. The molecule has 0 unspecified atom stereocenters. The van der Waals surface area contributed by atoms with Crippen LogP contribution in [0.25, 0.3) is 0 Å². The van der Waals surface area contributed by atoms with Crippen LogP contribution in [0.15, 0.2) is 21.3 Å². The molecule has 6 heteroatoms. The third-order valence-corrected chi connectivity index (χ3v) is 3.02. The van der Waals surface area contributed by atoms with Gasteiger partial charge in [0.05, 0.1) is 10.2 Å². The van der Waals surface area contributed by atoms with Gasteiger partial charge in [0.1, 0.15) is 4.60 Å². The highest BCUT2D eigenvalue weighted by atomic mass is 79.9. The van der Waals surface area contributed by atoms with E-state index in [-0.39, 0.29) is 0 Å². The number of nitrogens with one attached hydrogen (secondary N) is 1. The Morgan fingerprint density at radius 1 is 1.58 bits per heavy atom. The molecule has 0 aromatic carbocycles. The van der Waals surface area contributed by atoms with E-state index >= 15 is 0 Å². The van der Waals surface area contributed by atoms with Crippen LogP contribution in [0.2, 0.25) is 0 Å². The first kappa shape index (κ1) is 9.47. The third kappa shape index (κ3) is 2.18. The van der Waals surface area contributed by atoms with Gasteiger partial charge in [0.2, 0.25) is 0 Å². The molecule has 0 fully saturated rings. The predicted octanol–water partition coefficient (Wildman–Crippen LogP) is 2.70. The van der Waals surface area contributed by atoms with Crippen molar-refractivity contribution in [1.82, 2.24) is 4.98 Å². The summed E-state index contributed by atoms with van der Waals surface area (Å²) >= 11 is 6.32. The zero-order chi connectivity index (χ0) is 9.14. The molecule has 0 aliphatic carbocycles. The maximum Gasteiger partial charge on any atom is 0.409 e. The molecule has 0 saturated heterocycles. The minimum absolute atomic E-state index is 0.462. The van der Waals surface area contributed by atoms with Crippen LogP contribution in [0.4, 0.5) is 10.5 Å². The van der Waals surface area contributed by atoms with Crippen molar-refractivity contribution in [2.75, 3.05) is 5.32 Å². The molecule has 1 heterocycles. The highest BCUT2D eigenvalue weighted by molar-refractivity contribution is 9.13. The summed E-state index contributed by atoms with van der Waals surface area (Å²) in [5.41, 5.74) is 0.462. The van der Waals surface area contributed by atoms with Crippen LogP contribution in [0.3, 0.4) is 0 Å². The van der Waals surface area contributed by atoms with E-state index in [0.717, 1.165) is 0 Å². The molecule has 0 aliphatic rings. The fourth-order valence-electron chi connectivity index (χ4n) is 0.630. The molecule has 1 rings (SSSR count). The maximum atomic E-state index is 10.3. The van der Waals surface area contributed by atoms with Gasteiger partial charge < -0.3 is 5.11 Å². The monoisotopic (exact) mass is 294 g/mol. The van der Waals surface area contributed by atoms with Crippen molar-refractivity contribution in [1.29, 1.82) is 0 Å². The number of amides is 1. The molecule has 12 heavy (non-hydrogen) atoms. The number of hydrogen-bond donors (Lipinski definition) is 2. The highest BCUT2D eigenvalue weighted by Gasteiger charge is 2.05. The van der Waals surface area contributed by atoms with Gasteiger partial charge in [0.25, 0.3) is 0 Å². The molecule has 0 atom stereocenters. The number of hydrogen-bond acceptors (Lipinski definition) is 2. The maximum absolute atomic E-state index is 10.3. The second-order valence-electron chi connectivity index (χ2n) is 1.89. The average molecular weight is 296 g/mol. The summed E-state index contributed by atoms with van der Waals surface area (Å²) < 4.78 is 1.15. The normalized spacial score (nSPS) is 9.50. The Kier molecular flexibility index (Phi) is 3.05. The Hall–Kier alpha value is -0.620. The summed E-state index contributed by atoms with van der Waals surface area (Å²) in [5, 5.41) is 10.6. The molecule has 4 nitrogen and oxygen atoms in total. The zero-order valence-corrected chi connectivity index (χ0v) is 8.89. The number of anilines is 1. The summed E-state index contributed by atoms with van der Waals surface area (Å²) in [6.45, 7) is 0. The number of pyridine rings is 1. The van der Waals surface area contributed by atoms with Crippen LogP contribution in [0.1, 0.15) is 0 Å². The Morgan fingerprint density at radius 2 is 2.25 bits per heavy atom. The summed E-state index contributed by atoms with van der Waals surface area (Å²) in [4.78, 5) is 14.1. The zero-order valence-electron chi connectivity index (χ0n) is 5.71. The average Bonchev–Trinajstić information content (AvgIpc) is 1.98. The van der Waals surface area contributed by atoms with E-state index in [9.17, 15) is 4.79 Å². The van der Waals surface area contributed by atoms with Gasteiger partial charge in [-0.15, -0.1) is 0 Å². The quantitative estimate of drug-likeness (QED) is 0.783. The molecule has 0 spiro atoms. The van der Waals surface area contributed by atoms with Crippen molar-refractivity contribution < 1.29 is 9.90 Å². The van der Waals surface area contributed by atoms with Gasteiger partial charge in [0, 0.05) is 6.20 Å². The molecule has 0 aliphatic heterocycles. The van der Waals surface area contributed by atoms with Crippen molar-refractivity contribution in [3.05, 3.63) is 21.3 Å². The number of rotatable bonds is 1. The van der Waals surface area contributed by atoms with Crippen molar-refractivity contribution in [3.63, 3.8) is 0 Å². The van der Waals surface area contributed by atoms with Crippen LogP contribution in [0, 0.1) is 0 Å². The van der Waals surface area contributed by atoms with Crippen molar-refractivity contribution >= 4 is 43.6 Å². The fourth-order valence-corrected chi connectivity index (χ4v) is 1.30. The summed E-state index contributed by atoms with van der Waals surface area (Å²) in [6, 6.07) is 1.56. The molecular formula is C6H4Br2N2O2. The molecule has 1 aromatic rings. The first-order valence-electron chi connectivity index (χ1n) is 2.91. The molecular weight excluding hydrogens is 292 g/mol. The summed E-state index contributed by atoms with van der Waals surface area (Å²) in [7, 11) is 0. The van der Waals surface area contributed by atoms with E-state index < -0.39 is 6.09 Å². The molecule has 64 valence electrons. The second kappa shape index (κ2) is 3.86.